The molecule has 0 saturated heterocycles. The molecule has 0 amide bonds. The highest BCUT2D eigenvalue weighted by Gasteiger charge is 2.18. The number of methoxy groups -OCH3 is 1. The second kappa shape index (κ2) is 7.22. The molecule has 0 aliphatic rings. The average Bonchev–Trinajstić information content (AvgIpc) is 2.51. The molecule has 0 spiro atoms. The van der Waals surface area contributed by atoms with Crippen molar-refractivity contribution in [1.82, 2.24) is 0 Å². The molecule has 0 aliphatic carbocycles. The molecule has 2 rings (SSSR count). The molecule has 0 radical (unpaired) electrons. The summed E-state index contributed by atoms with van der Waals surface area (Å²) < 4.78 is 11.0. The summed E-state index contributed by atoms with van der Waals surface area (Å²) in [5.74, 6) is -0.714. The molecular formula is C17H15BrO4. The number of para-hydroxylation sites is 1. The van der Waals surface area contributed by atoms with Crippen LogP contribution in [0.15, 0.2) is 46.9 Å². The SMILES string of the molecule is COC(=O)c1cccc(C)c1OC(=O)Cc1ccc(Br)cc1. The molecule has 0 bridgehead atoms. The molecule has 0 N–H and O–H groups in total. The van der Waals surface area contributed by atoms with Crippen LogP contribution in [0.2, 0.25) is 0 Å². The Morgan fingerprint density at radius 1 is 1.09 bits per heavy atom. The zero-order valence-corrected chi connectivity index (χ0v) is 13.8. The second-order valence-corrected chi connectivity index (χ2v) is 5.64. The van der Waals surface area contributed by atoms with Crippen molar-refractivity contribution in [3.63, 3.8) is 0 Å². The normalized spacial score (nSPS) is 10.1. The third-order valence-corrected chi connectivity index (χ3v) is 3.62. The number of carbonyl (C=O) groups is 2. The molecule has 0 aromatic heterocycles. The van der Waals surface area contributed by atoms with Gasteiger partial charge >= 0.3 is 11.9 Å². The highest BCUT2D eigenvalue weighted by atomic mass is 79.9. The van der Waals surface area contributed by atoms with Crippen LogP contribution >= 0.6 is 15.9 Å². The van der Waals surface area contributed by atoms with Crippen LogP contribution < -0.4 is 4.74 Å². The molecule has 0 aliphatic heterocycles. The maximum Gasteiger partial charge on any atom is 0.341 e. The van der Waals surface area contributed by atoms with Crippen LogP contribution in [0.4, 0.5) is 0 Å². The van der Waals surface area contributed by atoms with Gasteiger partial charge < -0.3 is 9.47 Å². The number of esters is 2. The Labute approximate surface area is 137 Å². The van der Waals surface area contributed by atoms with E-state index in [1.807, 2.05) is 24.3 Å². The Kier molecular flexibility index (Phi) is 5.33. The summed E-state index contributed by atoms with van der Waals surface area (Å²) in [6.45, 7) is 1.77. The summed E-state index contributed by atoms with van der Waals surface area (Å²) in [6.07, 6.45) is 0.127. The van der Waals surface area contributed by atoms with Crippen molar-refractivity contribution >= 4 is 27.9 Å². The van der Waals surface area contributed by atoms with E-state index in [9.17, 15) is 9.59 Å². The maximum absolute atomic E-state index is 12.1. The molecule has 0 fully saturated rings. The number of halogens is 1. The fraction of sp³-hybridized carbons (Fsp3) is 0.176. The monoisotopic (exact) mass is 362 g/mol. The van der Waals surface area contributed by atoms with Gasteiger partial charge in [-0.1, -0.05) is 40.2 Å². The van der Waals surface area contributed by atoms with Gasteiger partial charge in [0, 0.05) is 4.47 Å². The fourth-order valence-electron chi connectivity index (χ4n) is 1.98. The van der Waals surface area contributed by atoms with Crippen molar-refractivity contribution in [3.8, 4) is 5.75 Å². The minimum Gasteiger partial charge on any atom is -0.465 e. The summed E-state index contributed by atoms with van der Waals surface area (Å²) >= 11 is 3.34. The smallest absolute Gasteiger partial charge is 0.341 e. The Bertz CT molecular complexity index is 692. The van der Waals surface area contributed by atoms with Gasteiger partial charge in [0.1, 0.15) is 11.3 Å². The van der Waals surface area contributed by atoms with Gasteiger partial charge in [0.15, 0.2) is 0 Å². The van der Waals surface area contributed by atoms with Crippen molar-refractivity contribution in [2.45, 2.75) is 13.3 Å². The van der Waals surface area contributed by atoms with Crippen LogP contribution in [0.5, 0.6) is 5.75 Å². The number of rotatable bonds is 4. The third kappa shape index (κ3) is 3.95. The van der Waals surface area contributed by atoms with Crippen LogP contribution in [0.25, 0.3) is 0 Å². The molecule has 4 nitrogen and oxygen atoms in total. The van der Waals surface area contributed by atoms with Crippen LogP contribution in [0, 0.1) is 6.92 Å². The van der Waals surface area contributed by atoms with E-state index in [1.165, 1.54) is 7.11 Å². The first-order valence-electron chi connectivity index (χ1n) is 6.64. The van der Waals surface area contributed by atoms with E-state index in [-0.39, 0.29) is 17.7 Å². The largest absolute Gasteiger partial charge is 0.465 e. The van der Waals surface area contributed by atoms with E-state index < -0.39 is 11.9 Å². The van der Waals surface area contributed by atoms with Gasteiger partial charge in [-0.05, 0) is 36.2 Å². The number of hydrogen-bond donors (Lipinski definition) is 0. The first kappa shape index (κ1) is 16.2. The predicted molar refractivity (Wildman–Crippen MR) is 86.0 cm³/mol. The summed E-state index contributed by atoms with van der Waals surface area (Å²) in [4.78, 5) is 23.8. The Morgan fingerprint density at radius 2 is 1.77 bits per heavy atom. The van der Waals surface area contributed by atoms with Crippen molar-refractivity contribution in [2.24, 2.45) is 0 Å². The first-order chi connectivity index (χ1) is 10.5. The third-order valence-electron chi connectivity index (χ3n) is 3.09. The van der Waals surface area contributed by atoms with Crippen LogP contribution in [-0.4, -0.2) is 19.0 Å². The van der Waals surface area contributed by atoms with Gasteiger partial charge in [-0.15, -0.1) is 0 Å². The number of carbonyl (C=O) groups excluding carboxylic acids is 2. The molecule has 114 valence electrons. The highest BCUT2D eigenvalue weighted by Crippen LogP contribution is 2.24. The van der Waals surface area contributed by atoms with E-state index >= 15 is 0 Å². The summed E-state index contributed by atoms with van der Waals surface area (Å²) in [5, 5.41) is 0. The van der Waals surface area contributed by atoms with Crippen LogP contribution in [-0.2, 0) is 16.0 Å². The van der Waals surface area contributed by atoms with E-state index in [0.717, 1.165) is 10.0 Å². The summed E-state index contributed by atoms with van der Waals surface area (Å²) in [6, 6.07) is 12.4. The molecule has 2 aromatic carbocycles. The standard InChI is InChI=1S/C17H15BrO4/c1-11-4-3-5-14(17(20)21-2)16(11)22-15(19)10-12-6-8-13(18)9-7-12/h3-9H,10H2,1-2H3. The number of ether oxygens (including phenoxy) is 2. The van der Waals surface area contributed by atoms with Crippen molar-refractivity contribution < 1.29 is 19.1 Å². The quantitative estimate of drug-likeness (QED) is 0.614. The lowest BCUT2D eigenvalue weighted by molar-refractivity contribution is -0.133. The number of hydrogen-bond acceptors (Lipinski definition) is 4. The minimum atomic E-state index is -0.532. The maximum atomic E-state index is 12.1. The lowest BCUT2D eigenvalue weighted by Crippen LogP contribution is -2.15. The lowest BCUT2D eigenvalue weighted by Gasteiger charge is -2.11. The lowest BCUT2D eigenvalue weighted by atomic mass is 10.1. The van der Waals surface area contributed by atoms with Gasteiger partial charge in [0.25, 0.3) is 0 Å². The Morgan fingerprint density at radius 3 is 2.41 bits per heavy atom. The second-order valence-electron chi connectivity index (χ2n) is 4.72. The fourth-order valence-corrected chi connectivity index (χ4v) is 2.24. The average molecular weight is 363 g/mol. The van der Waals surface area contributed by atoms with Gasteiger partial charge in [-0.25, -0.2) is 4.79 Å². The molecule has 2 aromatic rings. The molecule has 0 unspecified atom stereocenters. The molecular weight excluding hydrogens is 348 g/mol. The Hall–Kier alpha value is -2.14. The zero-order chi connectivity index (χ0) is 16.1. The van der Waals surface area contributed by atoms with Crippen LogP contribution in [0.3, 0.4) is 0 Å². The Balaban J connectivity index is 2.17. The van der Waals surface area contributed by atoms with Crippen molar-refractivity contribution in [2.75, 3.05) is 7.11 Å². The summed E-state index contributed by atoms with van der Waals surface area (Å²) in [5.41, 5.74) is 1.78. The molecule has 0 saturated carbocycles. The van der Waals surface area contributed by atoms with Gasteiger partial charge in [0.2, 0.25) is 0 Å². The molecule has 5 heteroatoms. The highest BCUT2D eigenvalue weighted by molar-refractivity contribution is 9.10. The molecule has 0 heterocycles. The van der Waals surface area contributed by atoms with E-state index in [1.54, 1.807) is 25.1 Å². The predicted octanol–water partition coefficient (Wildman–Crippen LogP) is 3.69. The molecule has 22 heavy (non-hydrogen) atoms. The minimum absolute atomic E-state index is 0.127. The van der Waals surface area contributed by atoms with E-state index in [0.29, 0.717) is 5.56 Å². The summed E-state index contributed by atoms with van der Waals surface area (Å²) in [7, 11) is 1.29. The molecule has 0 atom stereocenters. The van der Waals surface area contributed by atoms with Gasteiger partial charge in [-0.3, -0.25) is 4.79 Å². The topological polar surface area (TPSA) is 52.6 Å². The van der Waals surface area contributed by atoms with Crippen LogP contribution in [0.1, 0.15) is 21.5 Å². The van der Waals surface area contributed by atoms with Crippen molar-refractivity contribution in [1.29, 1.82) is 0 Å². The zero-order valence-electron chi connectivity index (χ0n) is 12.3. The van der Waals surface area contributed by atoms with Crippen molar-refractivity contribution in [3.05, 3.63) is 63.6 Å². The van der Waals surface area contributed by atoms with Gasteiger partial charge in [0.05, 0.1) is 13.5 Å². The first-order valence-corrected chi connectivity index (χ1v) is 7.43. The number of benzene rings is 2. The van der Waals surface area contributed by atoms with E-state index in [4.69, 9.17) is 9.47 Å². The number of aryl methyl sites for hydroxylation is 1. The van der Waals surface area contributed by atoms with Gasteiger partial charge in [-0.2, -0.15) is 0 Å². The van der Waals surface area contributed by atoms with E-state index in [2.05, 4.69) is 15.9 Å².